The van der Waals surface area contributed by atoms with Crippen molar-refractivity contribution >= 4 is 17.0 Å². The van der Waals surface area contributed by atoms with Crippen molar-refractivity contribution in [2.45, 2.75) is 18.8 Å². The molecule has 0 radical (unpaired) electrons. The molecule has 0 unspecified atom stereocenters. The number of nitrogens with one attached hydrogen (secondary N) is 1. The van der Waals surface area contributed by atoms with Gasteiger partial charge in [0.1, 0.15) is 11.4 Å². The van der Waals surface area contributed by atoms with Crippen LogP contribution in [0.4, 0.5) is 5.69 Å². The number of nitrogens with zero attached hydrogens (tertiary/aromatic N) is 2. The fraction of sp³-hybridized carbons (Fsp3) is 0.333. The highest BCUT2D eigenvalue weighted by molar-refractivity contribution is 7.10. The predicted molar refractivity (Wildman–Crippen MR) is 56.1 cm³/mol. The van der Waals surface area contributed by atoms with Crippen LogP contribution in [0, 0.1) is 0 Å². The van der Waals surface area contributed by atoms with Gasteiger partial charge in [-0.1, -0.05) is 0 Å². The number of nitrogen functional groups attached to an aromatic ring is 1. The SMILES string of the molecule is Nc1cn[nH]c1-c1csc(C2CC2)n1. The lowest BCUT2D eigenvalue weighted by Gasteiger charge is -1.91. The first kappa shape index (κ1) is 7.99. The Kier molecular flexibility index (Phi) is 1.61. The largest absolute Gasteiger partial charge is 0.396 e. The monoisotopic (exact) mass is 206 g/mol. The van der Waals surface area contributed by atoms with Crippen LogP contribution in [0.25, 0.3) is 11.4 Å². The highest BCUT2D eigenvalue weighted by Gasteiger charge is 2.27. The average molecular weight is 206 g/mol. The van der Waals surface area contributed by atoms with E-state index >= 15 is 0 Å². The second kappa shape index (κ2) is 2.81. The van der Waals surface area contributed by atoms with Crippen LogP contribution < -0.4 is 5.73 Å². The van der Waals surface area contributed by atoms with Gasteiger partial charge in [-0.15, -0.1) is 11.3 Å². The van der Waals surface area contributed by atoms with E-state index in [1.54, 1.807) is 17.5 Å². The van der Waals surface area contributed by atoms with Crippen molar-refractivity contribution in [2.24, 2.45) is 0 Å². The van der Waals surface area contributed by atoms with Crippen LogP contribution in [0.15, 0.2) is 11.6 Å². The van der Waals surface area contributed by atoms with Gasteiger partial charge >= 0.3 is 0 Å². The highest BCUT2D eigenvalue weighted by atomic mass is 32.1. The molecule has 1 fully saturated rings. The van der Waals surface area contributed by atoms with Gasteiger partial charge in [0, 0.05) is 11.3 Å². The van der Waals surface area contributed by atoms with Crippen LogP contribution in [0.5, 0.6) is 0 Å². The molecule has 3 N–H and O–H groups in total. The summed E-state index contributed by atoms with van der Waals surface area (Å²) in [5, 5.41) is 10.0. The number of rotatable bonds is 2. The number of anilines is 1. The maximum atomic E-state index is 5.74. The summed E-state index contributed by atoms with van der Waals surface area (Å²) >= 11 is 1.71. The Morgan fingerprint density at radius 1 is 1.50 bits per heavy atom. The number of hydrogen-bond donors (Lipinski definition) is 2. The fourth-order valence-electron chi connectivity index (χ4n) is 1.42. The highest BCUT2D eigenvalue weighted by Crippen LogP contribution is 2.42. The van der Waals surface area contributed by atoms with Crippen LogP contribution >= 0.6 is 11.3 Å². The lowest BCUT2D eigenvalue weighted by Crippen LogP contribution is -1.87. The molecule has 2 aromatic heterocycles. The molecule has 0 saturated heterocycles. The molecule has 14 heavy (non-hydrogen) atoms. The molecule has 0 aliphatic heterocycles. The van der Waals surface area contributed by atoms with Crippen molar-refractivity contribution in [3.63, 3.8) is 0 Å². The molecular formula is C9H10N4S. The second-order valence-electron chi connectivity index (χ2n) is 3.55. The minimum Gasteiger partial charge on any atom is -0.396 e. The molecular weight excluding hydrogens is 196 g/mol. The second-order valence-corrected chi connectivity index (χ2v) is 4.44. The zero-order valence-corrected chi connectivity index (χ0v) is 8.34. The molecule has 3 rings (SSSR count). The molecule has 0 amide bonds. The van der Waals surface area contributed by atoms with Crippen LogP contribution in [-0.4, -0.2) is 15.2 Å². The summed E-state index contributed by atoms with van der Waals surface area (Å²) in [5.74, 6) is 0.706. The van der Waals surface area contributed by atoms with Gasteiger partial charge < -0.3 is 5.73 Å². The van der Waals surface area contributed by atoms with Crippen molar-refractivity contribution in [1.29, 1.82) is 0 Å². The first-order chi connectivity index (χ1) is 6.84. The van der Waals surface area contributed by atoms with E-state index in [0.29, 0.717) is 11.6 Å². The third-order valence-corrected chi connectivity index (χ3v) is 3.38. The zero-order valence-electron chi connectivity index (χ0n) is 7.53. The summed E-state index contributed by atoms with van der Waals surface area (Å²) in [4.78, 5) is 4.54. The van der Waals surface area contributed by atoms with Gasteiger partial charge in [-0.2, -0.15) is 5.10 Å². The Balaban J connectivity index is 1.99. The normalized spacial score (nSPS) is 16.0. The van der Waals surface area contributed by atoms with Crippen molar-refractivity contribution in [3.05, 3.63) is 16.6 Å². The van der Waals surface area contributed by atoms with E-state index in [1.807, 2.05) is 5.38 Å². The van der Waals surface area contributed by atoms with E-state index in [9.17, 15) is 0 Å². The van der Waals surface area contributed by atoms with Gasteiger partial charge in [0.25, 0.3) is 0 Å². The Labute approximate surface area is 85.2 Å². The molecule has 2 heterocycles. The molecule has 1 aliphatic rings. The van der Waals surface area contributed by atoms with Crippen LogP contribution in [-0.2, 0) is 0 Å². The van der Waals surface area contributed by atoms with Gasteiger partial charge in [0.15, 0.2) is 0 Å². The predicted octanol–water partition coefficient (Wildman–Crippen LogP) is 1.99. The van der Waals surface area contributed by atoms with Gasteiger partial charge in [-0.3, -0.25) is 5.10 Å². The van der Waals surface area contributed by atoms with Crippen molar-refractivity contribution in [3.8, 4) is 11.4 Å². The smallest absolute Gasteiger partial charge is 0.107 e. The molecule has 2 aromatic rings. The van der Waals surface area contributed by atoms with E-state index in [4.69, 9.17) is 5.73 Å². The lowest BCUT2D eigenvalue weighted by atomic mass is 10.3. The van der Waals surface area contributed by atoms with Crippen molar-refractivity contribution in [2.75, 3.05) is 5.73 Å². The Hall–Kier alpha value is -1.36. The third kappa shape index (κ3) is 1.21. The van der Waals surface area contributed by atoms with E-state index in [2.05, 4.69) is 15.2 Å². The van der Waals surface area contributed by atoms with Crippen LogP contribution in [0.3, 0.4) is 0 Å². The first-order valence-electron chi connectivity index (χ1n) is 4.59. The lowest BCUT2D eigenvalue weighted by molar-refractivity contribution is 1.06. The average Bonchev–Trinajstić information content (AvgIpc) is 2.75. The summed E-state index contributed by atoms with van der Waals surface area (Å²) < 4.78 is 0. The molecule has 0 spiro atoms. The van der Waals surface area contributed by atoms with Crippen LogP contribution in [0.1, 0.15) is 23.8 Å². The number of hydrogen-bond acceptors (Lipinski definition) is 4. The van der Waals surface area contributed by atoms with Gasteiger partial charge in [0.2, 0.25) is 0 Å². The molecule has 0 atom stereocenters. The summed E-state index contributed by atoms with van der Waals surface area (Å²) in [6.07, 6.45) is 4.18. The molecule has 72 valence electrons. The molecule has 1 aliphatic carbocycles. The van der Waals surface area contributed by atoms with Crippen LogP contribution in [0.2, 0.25) is 0 Å². The van der Waals surface area contributed by atoms with E-state index in [1.165, 1.54) is 17.8 Å². The van der Waals surface area contributed by atoms with Gasteiger partial charge in [-0.05, 0) is 12.8 Å². The van der Waals surface area contributed by atoms with Crippen molar-refractivity contribution in [1.82, 2.24) is 15.2 Å². The van der Waals surface area contributed by atoms with E-state index in [0.717, 1.165) is 11.4 Å². The number of aromatic amines is 1. The number of thiazole rings is 1. The Morgan fingerprint density at radius 3 is 3.00 bits per heavy atom. The molecule has 5 heteroatoms. The zero-order chi connectivity index (χ0) is 9.54. The minimum absolute atomic E-state index is 0.664. The van der Waals surface area contributed by atoms with Crippen molar-refractivity contribution < 1.29 is 0 Å². The Morgan fingerprint density at radius 2 is 2.36 bits per heavy atom. The van der Waals surface area contributed by atoms with E-state index < -0.39 is 0 Å². The molecule has 0 bridgehead atoms. The third-order valence-electron chi connectivity index (χ3n) is 2.37. The fourth-order valence-corrected chi connectivity index (χ4v) is 2.40. The quantitative estimate of drug-likeness (QED) is 0.789. The summed E-state index contributed by atoms with van der Waals surface area (Å²) in [6.45, 7) is 0. The number of H-pyrrole nitrogens is 1. The van der Waals surface area contributed by atoms with Gasteiger partial charge in [0.05, 0.1) is 16.9 Å². The topological polar surface area (TPSA) is 67.6 Å². The first-order valence-corrected chi connectivity index (χ1v) is 5.47. The molecule has 1 saturated carbocycles. The van der Waals surface area contributed by atoms with Gasteiger partial charge in [-0.25, -0.2) is 4.98 Å². The molecule has 4 nitrogen and oxygen atoms in total. The molecule has 0 aromatic carbocycles. The summed E-state index contributed by atoms with van der Waals surface area (Å²) in [7, 11) is 0. The maximum absolute atomic E-state index is 5.74. The summed E-state index contributed by atoms with van der Waals surface area (Å²) in [6, 6.07) is 0. The number of nitrogens with two attached hydrogens (primary N) is 1. The Bertz CT molecular complexity index is 455. The number of aromatic nitrogens is 3. The minimum atomic E-state index is 0.664. The summed E-state index contributed by atoms with van der Waals surface area (Å²) in [5.41, 5.74) is 8.17. The van der Waals surface area contributed by atoms with E-state index in [-0.39, 0.29) is 0 Å². The maximum Gasteiger partial charge on any atom is 0.107 e. The standard InChI is InChI=1S/C9H10N4S/c10-6-3-11-13-8(6)7-4-14-9(12-7)5-1-2-5/h3-5H,1-2,10H2,(H,11,13).